The zero-order chi connectivity index (χ0) is 25.3. The number of halogens is 3. The van der Waals surface area contributed by atoms with Crippen LogP contribution in [0.2, 0.25) is 5.02 Å². The third kappa shape index (κ3) is 5.00. The molecule has 1 saturated heterocycles. The first kappa shape index (κ1) is 24.7. The van der Waals surface area contributed by atoms with Crippen LogP contribution in [0.4, 0.5) is 8.78 Å². The molecule has 0 radical (unpaired) electrons. The standard InChI is InChI=1S/C25H24ClF2N3O4/c1-14(32)19-12-30(21-7-6-17(35-2)9-18(19)21)13-23(33)31-11-16(27)8-22(31)25(34)29-10-15-4-3-5-20(26)24(15)28/h3-7,9,12,16,22H,8,10-11,13H2,1-2H3,(H,29,34)/t16-,22+/m1/s1. The zero-order valence-electron chi connectivity index (χ0n) is 19.2. The van der Waals surface area contributed by atoms with Crippen molar-refractivity contribution >= 4 is 40.1 Å². The fourth-order valence-electron chi connectivity index (χ4n) is 4.35. The van der Waals surface area contributed by atoms with E-state index in [0.717, 1.165) is 0 Å². The largest absolute Gasteiger partial charge is 0.497 e. The predicted octanol–water partition coefficient (Wildman–Crippen LogP) is 3.90. The lowest BCUT2D eigenvalue weighted by molar-refractivity contribution is -0.139. The van der Waals surface area contributed by atoms with Crippen LogP contribution < -0.4 is 10.1 Å². The molecule has 2 amide bonds. The van der Waals surface area contributed by atoms with Gasteiger partial charge in [0, 0.05) is 41.2 Å². The Balaban J connectivity index is 1.52. The molecule has 35 heavy (non-hydrogen) atoms. The molecular formula is C25H24ClF2N3O4. The minimum Gasteiger partial charge on any atom is -0.497 e. The van der Waals surface area contributed by atoms with Gasteiger partial charge in [0.15, 0.2) is 5.78 Å². The Hall–Kier alpha value is -3.46. The lowest BCUT2D eigenvalue weighted by atomic mass is 10.1. The average molecular weight is 504 g/mol. The lowest BCUT2D eigenvalue weighted by Gasteiger charge is -2.24. The summed E-state index contributed by atoms with van der Waals surface area (Å²) < 4.78 is 35.3. The molecule has 2 heterocycles. The van der Waals surface area contributed by atoms with Crippen molar-refractivity contribution in [3.05, 3.63) is 64.6 Å². The summed E-state index contributed by atoms with van der Waals surface area (Å²) in [5, 5.41) is 3.14. The van der Waals surface area contributed by atoms with Gasteiger partial charge in [-0.05, 0) is 31.2 Å². The fourth-order valence-corrected chi connectivity index (χ4v) is 4.54. The van der Waals surface area contributed by atoms with Gasteiger partial charge in [-0.25, -0.2) is 8.78 Å². The van der Waals surface area contributed by atoms with E-state index in [1.165, 1.54) is 31.1 Å². The summed E-state index contributed by atoms with van der Waals surface area (Å²) in [6.45, 7) is 0.870. The summed E-state index contributed by atoms with van der Waals surface area (Å²) in [7, 11) is 1.52. The Morgan fingerprint density at radius 1 is 1.23 bits per heavy atom. The van der Waals surface area contributed by atoms with E-state index in [9.17, 15) is 23.2 Å². The molecule has 1 aliphatic rings. The summed E-state index contributed by atoms with van der Waals surface area (Å²) in [5.74, 6) is -1.30. The van der Waals surface area contributed by atoms with Gasteiger partial charge in [-0.15, -0.1) is 0 Å². The van der Waals surface area contributed by atoms with Crippen LogP contribution in [0.3, 0.4) is 0 Å². The van der Waals surface area contributed by atoms with Crippen LogP contribution in [0, 0.1) is 5.82 Å². The number of Topliss-reactive ketones (excluding diaryl/α,β-unsaturated/α-hetero) is 1. The molecule has 10 heteroatoms. The quantitative estimate of drug-likeness (QED) is 0.496. The molecule has 0 bridgehead atoms. The summed E-state index contributed by atoms with van der Waals surface area (Å²) >= 11 is 5.78. The number of alkyl halides is 1. The van der Waals surface area contributed by atoms with Gasteiger partial charge in [-0.3, -0.25) is 14.4 Å². The van der Waals surface area contributed by atoms with Gasteiger partial charge in [-0.2, -0.15) is 0 Å². The predicted molar refractivity (Wildman–Crippen MR) is 127 cm³/mol. The van der Waals surface area contributed by atoms with Crippen LogP contribution in [0.15, 0.2) is 42.6 Å². The van der Waals surface area contributed by atoms with Gasteiger partial charge in [-0.1, -0.05) is 23.7 Å². The molecule has 1 aliphatic heterocycles. The fraction of sp³-hybridized carbons (Fsp3) is 0.320. The number of nitrogens with zero attached hydrogens (tertiary/aromatic N) is 2. The molecule has 184 valence electrons. The van der Waals surface area contributed by atoms with Gasteiger partial charge < -0.3 is 19.5 Å². The first-order valence-corrected chi connectivity index (χ1v) is 11.4. The number of nitrogens with one attached hydrogen (secondary N) is 1. The van der Waals surface area contributed by atoms with Gasteiger partial charge >= 0.3 is 0 Å². The van der Waals surface area contributed by atoms with Crippen molar-refractivity contribution < 1.29 is 27.9 Å². The number of aromatic nitrogens is 1. The summed E-state index contributed by atoms with van der Waals surface area (Å²) in [4.78, 5) is 39.3. The maximum atomic E-state index is 14.3. The number of hydrogen-bond donors (Lipinski definition) is 1. The second kappa shape index (κ2) is 10.0. The van der Waals surface area contributed by atoms with Crippen LogP contribution in [0.25, 0.3) is 10.9 Å². The van der Waals surface area contributed by atoms with E-state index in [0.29, 0.717) is 22.2 Å². The SMILES string of the molecule is COc1ccc2c(c1)c(C(C)=O)cn2CC(=O)N1C[C@H](F)C[C@H]1C(=O)NCc1cccc(Cl)c1F. The number of amides is 2. The maximum Gasteiger partial charge on any atom is 0.243 e. The Labute approximate surface area is 205 Å². The summed E-state index contributed by atoms with van der Waals surface area (Å²) in [6, 6.07) is 8.56. The first-order chi connectivity index (χ1) is 16.7. The topological polar surface area (TPSA) is 80.6 Å². The van der Waals surface area contributed by atoms with E-state index in [-0.39, 0.29) is 42.4 Å². The van der Waals surface area contributed by atoms with E-state index in [1.54, 1.807) is 35.0 Å². The normalized spacial score (nSPS) is 17.6. The monoisotopic (exact) mass is 503 g/mol. The molecule has 4 rings (SSSR count). The van der Waals surface area contributed by atoms with Crippen LogP contribution in [0.1, 0.15) is 29.3 Å². The Kier molecular flexibility index (Phi) is 7.07. The molecule has 1 aromatic heterocycles. The third-order valence-electron chi connectivity index (χ3n) is 6.13. The number of hydrogen-bond acceptors (Lipinski definition) is 4. The van der Waals surface area contributed by atoms with Crippen LogP contribution in [-0.4, -0.2) is 52.9 Å². The van der Waals surface area contributed by atoms with Crippen molar-refractivity contribution in [1.29, 1.82) is 0 Å². The highest BCUT2D eigenvalue weighted by atomic mass is 35.5. The Morgan fingerprint density at radius 2 is 2.00 bits per heavy atom. The molecule has 0 unspecified atom stereocenters. The van der Waals surface area contributed by atoms with Crippen LogP contribution >= 0.6 is 11.6 Å². The number of ether oxygens (including phenoxy) is 1. The van der Waals surface area contributed by atoms with Crippen molar-refractivity contribution in [2.75, 3.05) is 13.7 Å². The van der Waals surface area contributed by atoms with Gasteiger partial charge in [0.25, 0.3) is 0 Å². The van der Waals surface area contributed by atoms with Crippen LogP contribution in [0.5, 0.6) is 5.75 Å². The molecule has 2 aromatic carbocycles. The van der Waals surface area contributed by atoms with E-state index < -0.39 is 29.8 Å². The van der Waals surface area contributed by atoms with Crippen molar-refractivity contribution in [3.8, 4) is 5.75 Å². The van der Waals surface area contributed by atoms with E-state index in [4.69, 9.17) is 16.3 Å². The molecule has 1 fully saturated rings. The van der Waals surface area contributed by atoms with Gasteiger partial charge in [0.05, 0.1) is 18.7 Å². The average Bonchev–Trinajstić information content (AvgIpc) is 3.40. The summed E-state index contributed by atoms with van der Waals surface area (Å²) in [5.41, 5.74) is 1.25. The van der Waals surface area contributed by atoms with Gasteiger partial charge in [0.1, 0.15) is 30.3 Å². The second-order valence-electron chi connectivity index (χ2n) is 8.44. The van der Waals surface area contributed by atoms with E-state index >= 15 is 0 Å². The Bertz CT molecular complexity index is 1310. The number of likely N-dealkylation sites (tertiary alicyclic amines) is 1. The molecule has 0 aliphatic carbocycles. The molecule has 1 N–H and O–H groups in total. The van der Waals surface area contributed by atoms with Crippen molar-refractivity contribution in [1.82, 2.24) is 14.8 Å². The number of rotatable bonds is 7. The Morgan fingerprint density at radius 3 is 2.71 bits per heavy atom. The van der Waals surface area contributed by atoms with Gasteiger partial charge in [0.2, 0.25) is 11.8 Å². The van der Waals surface area contributed by atoms with Crippen LogP contribution in [-0.2, 0) is 22.7 Å². The molecular weight excluding hydrogens is 480 g/mol. The number of methoxy groups -OCH3 is 1. The first-order valence-electron chi connectivity index (χ1n) is 11.0. The number of carbonyl (C=O) groups is 3. The number of benzene rings is 2. The van der Waals surface area contributed by atoms with Crippen molar-refractivity contribution in [2.45, 2.75) is 38.6 Å². The zero-order valence-corrected chi connectivity index (χ0v) is 19.9. The minimum atomic E-state index is -1.36. The molecule has 7 nitrogen and oxygen atoms in total. The minimum absolute atomic E-state index is 0.0697. The lowest BCUT2D eigenvalue weighted by Crippen LogP contribution is -2.46. The highest BCUT2D eigenvalue weighted by molar-refractivity contribution is 6.30. The van der Waals surface area contributed by atoms with Crippen molar-refractivity contribution in [2.24, 2.45) is 0 Å². The highest BCUT2D eigenvalue weighted by Gasteiger charge is 2.39. The molecule has 3 aromatic rings. The number of fused-ring (bicyclic) bond motifs is 1. The summed E-state index contributed by atoms with van der Waals surface area (Å²) in [6.07, 6.45) is 0.0541. The highest BCUT2D eigenvalue weighted by Crippen LogP contribution is 2.28. The molecule has 2 atom stereocenters. The maximum absolute atomic E-state index is 14.3. The molecule has 0 saturated carbocycles. The second-order valence-corrected chi connectivity index (χ2v) is 8.84. The molecule has 0 spiro atoms. The third-order valence-corrected chi connectivity index (χ3v) is 6.42. The van der Waals surface area contributed by atoms with E-state index in [2.05, 4.69) is 5.32 Å². The van der Waals surface area contributed by atoms with Crippen molar-refractivity contribution in [3.63, 3.8) is 0 Å². The smallest absolute Gasteiger partial charge is 0.243 e. The number of carbonyl (C=O) groups excluding carboxylic acids is 3. The number of ketones is 1. The van der Waals surface area contributed by atoms with E-state index in [1.807, 2.05) is 0 Å².